The topological polar surface area (TPSA) is 92.8 Å². The fourth-order valence-corrected chi connectivity index (χ4v) is 2.53. The maximum atomic E-state index is 12.1. The van der Waals surface area contributed by atoms with Gasteiger partial charge in [-0.3, -0.25) is 24.1 Å². The molecule has 0 saturated carbocycles. The van der Waals surface area contributed by atoms with Gasteiger partial charge in [0.25, 0.3) is 17.7 Å². The molecule has 24 heavy (non-hydrogen) atoms. The Labute approximate surface area is 140 Å². The van der Waals surface area contributed by atoms with Crippen LogP contribution in [0.2, 0.25) is 0 Å². The average molecular weight is 332 g/mol. The summed E-state index contributed by atoms with van der Waals surface area (Å²) in [5.74, 6) is -2.28. The van der Waals surface area contributed by atoms with Crippen LogP contribution in [0.25, 0.3) is 0 Å². The van der Waals surface area contributed by atoms with E-state index >= 15 is 0 Å². The number of nitrogens with one attached hydrogen (secondary N) is 1. The lowest BCUT2D eigenvalue weighted by Gasteiger charge is -2.14. The fourth-order valence-electron chi connectivity index (χ4n) is 2.53. The SMILES string of the molecule is CCC[C@H](C)NC(=O)COC(=O)CN1C(=O)c2ccccc2C1=O. The van der Waals surface area contributed by atoms with Crippen LogP contribution in [0, 0.1) is 0 Å². The van der Waals surface area contributed by atoms with Crippen molar-refractivity contribution in [3.05, 3.63) is 35.4 Å². The molecule has 1 N–H and O–H groups in total. The van der Waals surface area contributed by atoms with Crippen LogP contribution in [0.4, 0.5) is 0 Å². The number of carbonyl (C=O) groups is 4. The number of hydrogen-bond acceptors (Lipinski definition) is 5. The predicted molar refractivity (Wildman–Crippen MR) is 85.3 cm³/mol. The van der Waals surface area contributed by atoms with E-state index in [-0.39, 0.29) is 17.2 Å². The Morgan fingerprint density at radius 2 is 1.75 bits per heavy atom. The first-order valence-corrected chi connectivity index (χ1v) is 7.84. The van der Waals surface area contributed by atoms with Gasteiger partial charge in [-0.05, 0) is 25.5 Å². The molecule has 7 heteroatoms. The Hall–Kier alpha value is -2.70. The van der Waals surface area contributed by atoms with E-state index in [9.17, 15) is 19.2 Å². The first-order valence-electron chi connectivity index (χ1n) is 7.84. The van der Waals surface area contributed by atoms with Gasteiger partial charge in [-0.15, -0.1) is 0 Å². The van der Waals surface area contributed by atoms with Gasteiger partial charge in [0.05, 0.1) is 11.1 Å². The van der Waals surface area contributed by atoms with E-state index in [1.807, 2.05) is 13.8 Å². The molecule has 0 aliphatic carbocycles. The van der Waals surface area contributed by atoms with Gasteiger partial charge in [0.1, 0.15) is 6.54 Å². The van der Waals surface area contributed by atoms with E-state index in [4.69, 9.17) is 4.74 Å². The standard InChI is InChI=1S/C17H20N2O5/c1-3-6-11(2)18-14(20)10-24-15(21)9-19-16(22)12-7-4-5-8-13(12)17(19)23/h4-5,7-8,11H,3,6,9-10H2,1-2H3,(H,18,20)/t11-/m0/s1. The molecule has 0 fully saturated rings. The quantitative estimate of drug-likeness (QED) is 0.597. The van der Waals surface area contributed by atoms with E-state index in [0.717, 1.165) is 17.7 Å². The molecule has 7 nitrogen and oxygen atoms in total. The van der Waals surface area contributed by atoms with Crippen LogP contribution < -0.4 is 5.32 Å². The molecule has 3 amide bonds. The molecular formula is C17H20N2O5. The van der Waals surface area contributed by atoms with Gasteiger partial charge in [-0.2, -0.15) is 0 Å². The molecule has 128 valence electrons. The summed E-state index contributed by atoms with van der Waals surface area (Å²) in [6.07, 6.45) is 1.76. The second-order valence-electron chi connectivity index (χ2n) is 5.66. The second-order valence-corrected chi connectivity index (χ2v) is 5.66. The van der Waals surface area contributed by atoms with Crippen LogP contribution in [0.1, 0.15) is 47.4 Å². The van der Waals surface area contributed by atoms with Crippen molar-refractivity contribution in [2.45, 2.75) is 32.7 Å². The summed E-state index contributed by atoms with van der Waals surface area (Å²) in [7, 11) is 0. The van der Waals surface area contributed by atoms with Crippen LogP contribution in [-0.2, 0) is 14.3 Å². The molecule has 0 unspecified atom stereocenters. The summed E-state index contributed by atoms with van der Waals surface area (Å²) in [4.78, 5) is 48.5. The van der Waals surface area contributed by atoms with Crippen molar-refractivity contribution in [2.75, 3.05) is 13.2 Å². The van der Waals surface area contributed by atoms with Gasteiger partial charge >= 0.3 is 5.97 Å². The zero-order valence-corrected chi connectivity index (χ0v) is 13.7. The third-order valence-electron chi connectivity index (χ3n) is 3.66. The van der Waals surface area contributed by atoms with Crippen molar-refractivity contribution >= 4 is 23.7 Å². The van der Waals surface area contributed by atoms with Crippen LogP contribution in [0.5, 0.6) is 0 Å². The highest BCUT2D eigenvalue weighted by Gasteiger charge is 2.36. The maximum Gasteiger partial charge on any atom is 0.326 e. The average Bonchev–Trinajstić information content (AvgIpc) is 2.79. The summed E-state index contributed by atoms with van der Waals surface area (Å²) in [6.45, 7) is 2.92. The van der Waals surface area contributed by atoms with Crippen molar-refractivity contribution in [3.63, 3.8) is 0 Å². The van der Waals surface area contributed by atoms with E-state index < -0.39 is 36.8 Å². The Morgan fingerprint density at radius 1 is 1.17 bits per heavy atom. The molecule has 0 bridgehead atoms. The Balaban J connectivity index is 1.85. The molecule has 1 aliphatic rings. The Bertz CT molecular complexity index is 636. The minimum Gasteiger partial charge on any atom is -0.454 e. The van der Waals surface area contributed by atoms with E-state index in [1.165, 1.54) is 12.1 Å². The summed E-state index contributed by atoms with van der Waals surface area (Å²) in [6, 6.07) is 6.35. The first-order chi connectivity index (χ1) is 11.4. The van der Waals surface area contributed by atoms with Gasteiger partial charge in [-0.25, -0.2) is 0 Å². The van der Waals surface area contributed by atoms with Crippen molar-refractivity contribution in [2.24, 2.45) is 0 Å². The van der Waals surface area contributed by atoms with Gasteiger partial charge in [0.15, 0.2) is 6.61 Å². The zero-order valence-electron chi connectivity index (χ0n) is 13.7. The molecule has 1 heterocycles. The molecule has 2 rings (SSSR count). The monoisotopic (exact) mass is 332 g/mol. The lowest BCUT2D eigenvalue weighted by Crippen LogP contribution is -2.39. The molecule has 1 aliphatic heterocycles. The van der Waals surface area contributed by atoms with Crippen molar-refractivity contribution in [1.29, 1.82) is 0 Å². The number of rotatable bonds is 7. The van der Waals surface area contributed by atoms with E-state index in [2.05, 4.69) is 5.32 Å². The van der Waals surface area contributed by atoms with E-state index in [1.54, 1.807) is 12.1 Å². The number of nitrogens with zero attached hydrogens (tertiary/aromatic N) is 1. The van der Waals surface area contributed by atoms with E-state index in [0.29, 0.717) is 0 Å². The number of fused-ring (bicyclic) bond motifs is 1. The summed E-state index contributed by atoms with van der Waals surface area (Å²) in [5, 5.41) is 2.70. The number of imide groups is 1. The van der Waals surface area contributed by atoms with Gasteiger partial charge in [0, 0.05) is 6.04 Å². The van der Waals surface area contributed by atoms with Crippen LogP contribution in [0.3, 0.4) is 0 Å². The number of benzene rings is 1. The number of hydrogen-bond donors (Lipinski definition) is 1. The largest absolute Gasteiger partial charge is 0.454 e. The zero-order chi connectivity index (χ0) is 17.7. The lowest BCUT2D eigenvalue weighted by atomic mass is 10.1. The normalized spacial score (nSPS) is 14.3. The molecular weight excluding hydrogens is 312 g/mol. The third kappa shape index (κ3) is 3.98. The molecule has 0 aromatic heterocycles. The fraction of sp³-hybridized carbons (Fsp3) is 0.412. The third-order valence-corrected chi connectivity index (χ3v) is 3.66. The highest BCUT2D eigenvalue weighted by molar-refractivity contribution is 6.22. The maximum absolute atomic E-state index is 12.1. The Morgan fingerprint density at radius 3 is 2.29 bits per heavy atom. The summed E-state index contributed by atoms with van der Waals surface area (Å²) < 4.78 is 4.84. The molecule has 1 aromatic rings. The second kappa shape index (κ2) is 7.72. The Kier molecular flexibility index (Phi) is 5.68. The van der Waals surface area contributed by atoms with Crippen molar-refractivity contribution < 1.29 is 23.9 Å². The van der Waals surface area contributed by atoms with Crippen LogP contribution >= 0.6 is 0 Å². The van der Waals surface area contributed by atoms with Crippen LogP contribution in [0.15, 0.2) is 24.3 Å². The van der Waals surface area contributed by atoms with Gasteiger partial charge in [0.2, 0.25) is 0 Å². The minimum atomic E-state index is -0.803. The molecule has 1 aromatic carbocycles. The molecule has 1 atom stereocenters. The minimum absolute atomic E-state index is 0.00237. The van der Waals surface area contributed by atoms with Crippen molar-refractivity contribution in [3.8, 4) is 0 Å². The lowest BCUT2D eigenvalue weighted by molar-refractivity contribution is -0.148. The summed E-state index contributed by atoms with van der Waals surface area (Å²) >= 11 is 0. The highest BCUT2D eigenvalue weighted by atomic mass is 16.5. The number of carbonyl (C=O) groups excluding carboxylic acids is 4. The predicted octanol–water partition coefficient (Wildman–Crippen LogP) is 1.13. The van der Waals surface area contributed by atoms with Crippen LogP contribution in [-0.4, -0.2) is 47.8 Å². The molecule has 0 saturated heterocycles. The highest BCUT2D eigenvalue weighted by Crippen LogP contribution is 2.21. The number of amides is 3. The summed E-state index contributed by atoms with van der Waals surface area (Å²) in [5.41, 5.74) is 0.530. The number of ether oxygens (including phenoxy) is 1. The van der Waals surface area contributed by atoms with Gasteiger partial charge < -0.3 is 10.1 Å². The van der Waals surface area contributed by atoms with Gasteiger partial charge in [-0.1, -0.05) is 25.5 Å². The first kappa shape index (κ1) is 17.7. The number of esters is 1. The molecule has 0 radical (unpaired) electrons. The van der Waals surface area contributed by atoms with Crippen molar-refractivity contribution in [1.82, 2.24) is 10.2 Å². The smallest absolute Gasteiger partial charge is 0.326 e. The molecule has 0 spiro atoms.